The van der Waals surface area contributed by atoms with Gasteiger partial charge in [0.1, 0.15) is 0 Å². The first kappa shape index (κ1) is 21.2. The molecule has 0 bridgehead atoms. The van der Waals surface area contributed by atoms with Crippen molar-refractivity contribution < 1.29 is 9.32 Å². The van der Waals surface area contributed by atoms with Gasteiger partial charge in [0.2, 0.25) is 5.82 Å². The van der Waals surface area contributed by atoms with E-state index in [0.29, 0.717) is 18.3 Å². The summed E-state index contributed by atoms with van der Waals surface area (Å²) in [6.07, 6.45) is 2.04. The van der Waals surface area contributed by atoms with Gasteiger partial charge < -0.3 is 9.84 Å². The maximum absolute atomic E-state index is 12.7. The van der Waals surface area contributed by atoms with Crippen molar-refractivity contribution in [2.75, 3.05) is 12.8 Å². The van der Waals surface area contributed by atoms with Crippen LogP contribution in [0.2, 0.25) is 0 Å². The lowest BCUT2D eigenvalue weighted by atomic mass is 9.92. The third-order valence-corrected chi connectivity index (χ3v) is 6.53. The Bertz CT molecular complexity index is 1150. The molecule has 0 radical (unpaired) electrons. The third kappa shape index (κ3) is 3.97. The molecule has 31 heavy (non-hydrogen) atoms. The van der Waals surface area contributed by atoms with Gasteiger partial charge in [0.25, 0.3) is 5.89 Å². The highest BCUT2D eigenvalue weighted by atomic mass is 32.2. The van der Waals surface area contributed by atoms with E-state index in [1.165, 1.54) is 16.0 Å². The molecule has 0 saturated heterocycles. The number of carbonyl (C=O) groups is 1. The number of urea groups is 1. The smallest absolute Gasteiger partial charge is 0.322 e. The zero-order valence-electron chi connectivity index (χ0n) is 18.4. The topological polar surface area (TPSA) is 71.3 Å². The van der Waals surface area contributed by atoms with Crippen molar-refractivity contribution in [3.8, 4) is 11.4 Å². The molecule has 1 unspecified atom stereocenters. The van der Waals surface area contributed by atoms with Gasteiger partial charge >= 0.3 is 6.03 Å². The number of aryl methyl sites for hydroxylation is 2. The molecular formula is C24H26N4O2S. The number of benzene rings is 2. The number of aromatic nitrogens is 2. The molecule has 0 spiro atoms. The maximum atomic E-state index is 12.7. The van der Waals surface area contributed by atoms with Crippen molar-refractivity contribution in [2.24, 2.45) is 0 Å². The second-order valence-electron chi connectivity index (χ2n) is 7.62. The molecule has 0 saturated carbocycles. The van der Waals surface area contributed by atoms with E-state index >= 15 is 0 Å². The van der Waals surface area contributed by atoms with E-state index in [0.717, 1.165) is 22.4 Å². The van der Waals surface area contributed by atoms with Crippen LogP contribution >= 0.6 is 11.8 Å². The number of hydrogen-bond acceptors (Lipinski definition) is 5. The minimum absolute atomic E-state index is 0.126. The molecular weight excluding hydrogens is 408 g/mol. The van der Waals surface area contributed by atoms with Gasteiger partial charge in [0.15, 0.2) is 0 Å². The Hall–Kier alpha value is -3.06. The van der Waals surface area contributed by atoms with Crippen LogP contribution in [-0.4, -0.2) is 33.9 Å². The van der Waals surface area contributed by atoms with Gasteiger partial charge in [-0.05, 0) is 74.9 Å². The summed E-state index contributed by atoms with van der Waals surface area (Å²) in [4.78, 5) is 20.3. The van der Waals surface area contributed by atoms with E-state index in [9.17, 15) is 4.79 Å². The Morgan fingerprint density at radius 2 is 1.84 bits per heavy atom. The largest absolute Gasteiger partial charge is 0.334 e. The van der Waals surface area contributed by atoms with Gasteiger partial charge in [-0.15, -0.1) is 11.8 Å². The van der Waals surface area contributed by atoms with E-state index in [4.69, 9.17) is 9.51 Å². The van der Waals surface area contributed by atoms with Gasteiger partial charge in [-0.25, -0.2) is 4.79 Å². The van der Waals surface area contributed by atoms with Gasteiger partial charge in [0.05, 0.1) is 11.6 Å². The fraction of sp³-hybridized carbons (Fsp3) is 0.292. The minimum Gasteiger partial charge on any atom is -0.334 e. The summed E-state index contributed by atoms with van der Waals surface area (Å²) in [5.41, 5.74) is 5.90. The molecule has 0 aliphatic carbocycles. The fourth-order valence-electron chi connectivity index (χ4n) is 3.82. The molecule has 2 aromatic carbocycles. The molecule has 1 atom stereocenters. The molecule has 1 aliphatic heterocycles. The van der Waals surface area contributed by atoms with Gasteiger partial charge in [-0.1, -0.05) is 23.4 Å². The number of nitrogens with one attached hydrogen (secondary N) is 1. The van der Waals surface area contributed by atoms with Gasteiger partial charge in [-0.2, -0.15) is 4.98 Å². The number of nitrogens with zero attached hydrogens (tertiary/aromatic N) is 3. The quantitative estimate of drug-likeness (QED) is 0.530. The zero-order chi connectivity index (χ0) is 22.1. The van der Waals surface area contributed by atoms with Crippen molar-refractivity contribution in [3.05, 3.63) is 70.7 Å². The average molecular weight is 435 g/mol. The van der Waals surface area contributed by atoms with Gasteiger partial charge in [-0.3, -0.25) is 4.90 Å². The number of amides is 2. The van der Waals surface area contributed by atoms with Gasteiger partial charge in [0, 0.05) is 22.7 Å². The lowest BCUT2D eigenvalue weighted by molar-refractivity contribution is 0.207. The molecule has 160 valence electrons. The molecule has 1 aliphatic rings. The highest BCUT2D eigenvalue weighted by Gasteiger charge is 2.35. The normalized spacial score (nSPS) is 16.6. The van der Waals surface area contributed by atoms with Crippen LogP contribution in [-0.2, 0) is 0 Å². The van der Waals surface area contributed by atoms with E-state index in [2.05, 4.69) is 36.5 Å². The van der Waals surface area contributed by atoms with E-state index in [1.807, 2.05) is 50.4 Å². The molecule has 1 N–H and O–H groups in total. The van der Waals surface area contributed by atoms with E-state index < -0.39 is 0 Å². The highest BCUT2D eigenvalue weighted by molar-refractivity contribution is 7.98. The fourth-order valence-corrected chi connectivity index (χ4v) is 4.23. The first-order valence-corrected chi connectivity index (χ1v) is 11.5. The number of hydrogen-bond donors (Lipinski definition) is 1. The van der Waals surface area contributed by atoms with Crippen molar-refractivity contribution >= 4 is 23.4 Å². The molecule has 3 aromatic rings. The molecule has 6 nitrogen and oxygen atoms in total. The first-order chi connectivity index (χ1) is 14.9. The summed E-state index contributed by atoms with van der Waals surface area (Å²) in [6, 6.07) is 13.8. The van der Waals surface area contributed by atoms with E-state index in [1.54, 1.807) is 16.7 Å². The Kier molecular flexibility index (Phi) is 5.87. The minimum atomic E-state index is -0.359. The highest BCUT2D eigenvalue weighted by Crippen LogP contribution is 2.37. The molecule has 2 amide bonds. The Labute approximate surface area is 186 Å². The predicted octanol–water partition coefficient (Wildman–Crippen LogP) is 5.59. The number of thioether (sulfide) groups is 1. The standard InChI is InChI=1S/C24H26N4O2S/c1-6-28-16(4)20(21(25-24(28)29)18-8-7-14(2)15(3)13-18)23-26-22(27-30-23)17-9-11-19(31-5)12-10-17/h7-13,21H,6H2,1-5H3,(H,25,29). The summed E-state index contributed by atoms with van der Waals surface area (Å²) in [5.74, 6) is 0.949. The van der Waals surface area contributed by atoms with Crippen molar-refractivity contribution in [3.63, 3.8) is 0 Å². The SMILES string of the molecule is CCN1C(=O)NC(c2ccc(C)c(C)c2)C(c2nc(-c3ccc(SC)cc3)no2)=C1C. The van der Waals surface area contributed by atoms with Crippen LogP contribution in [0.25, 0.3) is 17.0 Å². The van der Waals surface area contributed by atoms with Crippen LogP contribution in [0.5, 0.6) is 0 Å². The lowest BCUT2D eigenvalue weighted by Gasteiger charge is -2.34. The zero-order valence-corrected chi connectivity index (χ0v) is 19.2. The molecule has 2 heterocycles. The molecule has 0 fully saturated rings. The van der Waals surface area contributed by atoms with Crippen LogP contribution in [0.3, 0.4) is 0 Å². The lowest BCUT2D eigenvalue weighted by Crippen LogP contribution is -2.45. The molecule has 4 rings (SSSR count). The van der Waals surface area contributed by atoms with Crippen molar-refractivity contribution in [1.29, 1.82) is 0 Å². The number of allylic oxidation sites excluding steroid dienone is 1. The van der Waals surface area contributed by atoms with Crippen LogP contribution in [0.15, 0.2) is 57.6 Å². The number of carbonyl (C=O) groups excluding carboxylic acids is 1. The van der Waals surface area contributed by atoms with E-state index in [-0.39, 0.29) is 12.1 Å². The molecule has 1 aromatic heterocycles. The monoisotopic (exact) mass is 434 g/mol. The first-order valence-electron chi connectivity index (χ1n) is 10.3. The third-order valence-electron chi connectivity index (χ3n) is 5.78. The van der Waals surface area contributed by atoms with Crippen LogP contribution < -0.4 is 5.32 Å². The van der Waals surface area contributed by atoms with Crippen LogP contribution in [0, 0.1) is 13.8 Å². The second-order valence-corrected chi connectivity index (χ2v) is 8.50. The Morgan fingerprint density at radius 3 is 2.48 bits per heavy atom. The second kappa shape index (κ2) is 8.59. The Balaban J connectivity index is 1.79. The summed E-state index contributed by atoms with van der Waals surface area (Å²) in [6.45, 7) is 8.58. The van der Waals surface area contributed by atoms with Crippen LogP contribution in [0.1, 0.15) is 42.5 Å². The molecule has 7 heteroatoms. The predicted molar refractivity (Wildman–Crippen MR) is 124 cm³/mol. The summed E-state index contributed by atoms with van der Waals surface area (Å²) >= 11 is 1.69. The summed E-state index contributed by atoms with van der Waals surface area (Å²) < 4.78 is 5.72. The Morgan fingerprint density at radius 1 is 1.10 bits per heavy atom. The number of rotatable bonds is 5. The van der Waals surface area contributed by atoms with Crippen molar-refractivity contribution in [1.82, 2.24) is 20.4 Å². The average Bonchev–Trinajstić information content (AvgIpc) is 3.25. The van der Waals surface area contributed by atoms with Crippen molar-refractivity contribution in [2.45, 2.75) is 38.6 Å². The summed E-state index contributed by atoms with van der Waals surface area (Å²) in [7, 11) is 0. The summed E-state index contributed by atoms with van der Waals surface area (Å²) in [5, 5.41) is 7.34. The van der Waals surface area contributed by atoms with Crippen LogP contribution in [0.4, 0.5) is 4.79 Å². The maximum Gasteiger partial charge on any atom is 0.322 e.